The highest BCUT2D eigenvalue weighted by atomic mass is 19.4. The highest BCUT2D eigenvalue weighted by molar-refractivity contribution is 5.92. The molecule has 0 aliphatic carbocycles. The fourth-order valence-corrected chi connectivity index (χ4v) is 4.44. The number of benzene rings is 1. The second kappa shape index (κ2) is 34.1. The minimum Gasteiger partial charge on any atom is -0.508 e. The molecule has 1 rings (SSSR count). The number of halogens is 9. The van der Waals surface area contributed by atoms with Crippen LogP contribution in [0.5, 0.6) is 11.5 Å². The summed E-state index contributed by atoms with van der Waals surface area (Å²) in [5, 5.41) is 52.1. The standard InChI is InChI=1S/C30H53N9O6.3C2HF3O2/c31-23(10-9-17-38-30(33)34)28(44)36-15-6-4-2-1-3-5-13-35-14-7-8-16-37-29(45)24(20-26(32)42)39-27(43)18-21-11-12-22(40)19-25(21)41;3*3-2(4,5)1(6)7/h11-12,19,23-24,35,40-41H,1-10,13-18,20,31H2,(H2,32,42)(H,36,44)(H,37,45)(H,39,43)(H4,33,34,38);3*(H,6,7)/t23-,24-;;;/m0.../s1. The van der Waals surface area contributed by atoms with Crippen LogP contribution < -0.4 is 44.2 Å². The van der Waals surface area contributed by atoms with Gasteiger partial charge in [0, 0.05) is 31.3 Å². The Morgan fingerprint density at radius 1 is 0.621 bits per heavy atom. The topological polar surface area (TPSA) is 385 Å². The molecule has 0 aliphatic heterocycles. The quantitative estimate of drug-likeness (QED) is 0.0284. The molecule has 0 saturated carbocycles. The second-order valence-electron chi connectivity index (χ2n) is 13.4. The van der Waals surface area contributed by atoms with Gasteiger partial charge in [0.05, 0.1) is 18.9 Å². The van der Waals surface area contributed by atoms with Crippen molar-refractivity contribution in [2.75, 3.05) is 32.7 Å². The minimum atomic E-state index is -5.08. The maximum Gasteiger partial charge on any atom is 0.490 e. The molecule has 1 aromatic carbocycles. The molecule has 0 saturated heterocycles. The maximum atomic E-state index is 12.5. The van der Waals surface area contributed by atoms with Crippen LogP contribution in [0.15, 0.2) is 23.2 Å². The van der Waals surface area contributed by atoms with Gasteiger partial charge in [0.15, 0.2) is 5.96 Å². The number of nitrogens with zero attached hydrogens (tertiary/aromatic N) is 1. The summed E-state index contributed by atoms with van der Waals surface area (Å²) in [5.41, 5.74) is 21.9. The van der Waals surface area contributed by atoms with Gasteiger partial charge in [0.1, 0.15) is 17.5 Å². The summed E-state index contributed by atoms with van der Waals surface area (Å²) in [7, 11) is 0. The molecule has 2 atom stereocenters. The minimum absolute atomic E-state index is 0.0367. The fourth-order valence-electron chi connectivity index (χ4n) is 4.44. The number of alkyl halides is 9. The normalized spacial score (nSPS) is 11.8. The van der Waals surface area contributed by atoms with E-state index in [4.69, 9.17) is 52.6 Å². The van der Waals surface area contributed by atoms with E-state index in [-0.39, 0.29) is 41.8 Å². The summed E-state index contributed by atoms with van der Waals surface area (Å²) in [4.78, 5) is 78.9. The first kappa shape index (κ1) is 64.0. The molecule has 30 heteroatoms. The van der Waals surface area contributed by atoms with E-state index in [1.54, 1.807) is 0 Å². The van der Waals surface area contributed by atoms with Crippen molar-refractivity contribution < 1.29 is 98.6 Å². The lowest BCUT2D eigenvalue weighted by Crippen LogP contribution is -2.49. The number of aliphatic imine (C=N–C) groups is 1. The van der Waals surface area contributed by atoms with Crippen LogP contribution in [0.3, 0.4) is 0 Å². The van der Waals surface area contributed by atoms with Gasteiger partial charge in [-0.15, -0.1) is 0 Å². The number of carboxylic acids is 3. The van der Waals surface area contributed by atoms with Crippen LogP contribution in [-0.4, -0.2) is 136 Å². The number of nitrogens with one attached hydrogen (secondary N) is 4. The van der Waals surface area contributed by atoms with Crippen molar-refractivity contribution in [2.24, 2.45) is 27.9 Å². The van der Waals surface area contributed by atoms with Crippen molar-refractivity contribution >= 4 is 47.5 Å². The molecule has 4 amide bonds. The number of nitrogens with two attached hydrogens (primary N) is 4. The van der Waals surface area contributed by atoms with Crippen LogP contribution >= 0.6 is 0 Å². The molecule has 66 heavy (non-hydrogen) atoms. The number of amides is 4. The number of hydrogen-bond donors (Lipinski definition) is 13. The van der Waals surface area contributed by atoms with Crippen LogP contribution in [0, 0.1) is 0 Å². The number of aliphatic carboxylic acids is 3. The number of carbonyl (C=O) groups excluding carboxylic acids is 4. The average molecular weight is 978 g/mol. The van der Waals surface area contributed by atoms with Crippen LogP contribution in [0.4, 0.5) is 39.5 Å². The maximum absolute atomic E-state index is 12.5. The van der Waals surface area contributed by atoms with E-state index in [0.717, 1.165) is 70.5 Å². The third-order valence-corrected chi connectivity index (χ3v) is 7.67. The monoisotopic (exact) mass is 977 g/mol. The summed E-state index contributed by atoms with van der Waals surface area (Å²) in [5.74, 6) is -10.6. The number of unbranched alkanes of at least 4 members (excludes halogenated alkanes) is 6. The molecule has 0 fully saturated rings. The van der Waals surface area contributed by atoms with Gasteiger partial charge in [-0.25, -0.2) is 14.4 Å². The Kier molecular flexibility index (Phi) is 33.0. The molecule has 0 aromatic heterocycles. The summed E-state index contributed by atoms with van der Waals surface area (Å²) >= 11 is 0. The van der Waals surface area contributed by atoms with E-state index < -0.39 is 66.2 Å². The summed E-state index contributed by atoms with van der Waals surface area (Å²) < 4.78 is 95.2. The lowest BCUT2D eigenvalue weighted by atomic mass is 10.1. The van der Waals surface area contributed by atoms with Crippen molar-refractivity contribution in [1.82, 2.24) is 21.3 Å². The van der Waals surface area contributed by atoms with Crippen LogP contribution in [0.1, 0.15) is 76.2 Å². The number of phenolic OH excluding ortho intramolecular Hbond substituents is 2. The Bertz CT molecular complexity index is 1620. The van der Waals surface area contributed by atoms with Crippen LogP contribution in [-0.2, 0) is 40.0 Å². The third-order valence-electron chi connectivity index (χ3n) is 7.67. The Hall–Kier alpha value is -6.33. The van der Waals surface area contributed by atoms with Crippen LogP contribution in [0.25, 0.3) is 0 Å². The van der Waals surface area contributed by atoms with E-state index >= 15 is 0 Å². The zero-order valence-corrected chi connectivity index (χ0v) is 35.2. The molecule has 380 valence electrons. The first-order valence-corrected chi connectivity index (χ1v) is 19.4. The predicted octanol–water partition coefficient (Wildman–Crippen LogP) is 1.22. The first-order valence-electron chi connectivity index (χ1n) is 19.4. The van der Waals surface area contributed by atoms with Gasteiger partial charge in [-0.3, -0.25) is 24.2 Å². The summed E-state index contributed by atoms with van der Waals surface area (Å²) in [6.07, 6.45) is -6.69. The summed E-state index contributed by atoms with van der Waals surface area (Å²) in [6, 6.07) is 2.17. The molecule has 1 aromatic rings. The molecular weight excluding hydrogens is 921 g/mol. The number of hydrogen-bond acceptors (Lipinski definition) is 12. The molecule has 21 nitrogen and oxygen atoms in total. The van der Waals surface area contributed by atoms with Gasteiger partial charge in [-0.2, -0.15) is 39.5 Å². The van der Waals surface area contributed by atoms with Crippen molar-refractivity contribution in [3.05, 3.63) is 23.8 Å². The molecule has 0 aliphatic rings. The Labute approximate surface area is 370 Å². The number of guanidine groups is 1. The third kappa shape index (κ3) is 38.2. The van der Waals surface area contributed by atoms with Gasteiger partial charge in [-0.1, -0.05) is 31.7 Å². The van der Waals surface area contributed by atoms with Crippen molar-refractivity contribution in [3.8, 4) is 11.5 Å². The molecule has 0 heterocycles. The van der Waals surface area contributed by atoms with E-state index in [9.17, 15) is 68.9 Å². The molecule has 17 N–H and O–H groups in total. The van der Waals surface area contributed by atoms with E-state index in [0.29, 0.717) is 32.5 Å². The number of carboxylic acid groups (broad SMARTS) is 3. The van der Waals surface area contributed by atoms with E-state index in [2.05, 4.69) is 26.3 Å². The number of rotatable bonds is 25. The van der Waals surface area contributed by atoms with E-state index in [1.807, 2.05) is 0 Å². The molecule has 0 unspecified atom stereocenters. The Morgan fingerprint density at radius 3 is 1.45 bits per heavy atom. The largest absolute Gasteiger partial charge is 0.508 e. The van der Waals surface area contributed by atoms with Crippen LogP contribution in [0.2, 0.25) is 0 Å². The number of phenols is 2. The lowest BCUT2D eigenvalue weighted by molar-refractivity contribution is -0.193. The number of primary amides is 1. The van der Waals surface area contributed by atoms with Gasteiger partial charge < -0.3 is 69.7 Å². The number of carbonyl (C=O) groups is 7. The van der Waals surface area contributed by atoms with Gasteiger partial charge >= 0.3 is 36.4 Å². The zero-order valence-electron chi connectivity index (χ0n) is 35.2. The SMILES string of the molecule is NC(=O)C[C@H](NC(=O)Cc1ccc(O)cc1O)C(=O)NCCCCNCCCCCCCCNC(=O)[C@@H](N)CCCN=C(N)N.O=C(O)C(F)(F)F.O=C(O)C(F)(F)F.O=C(O)C(F)(F)F. The number of aromatic hydroxyl groups is 2. The Morgan fingerprint density at radius 2 is 1.03 bits per heavy atom. The van der Waals surface area contributed by atoms with Gasteiger partial charge in [0.25, 0.3) is 0 Å². The van der Waals surface area contributed by atoms with Crippen molar-refractivity contribution in [2.45, 2.75) is 108 Å². The second-order valence-corrected chi connectivity index (χ2v) is 13.4. The highest BCUT2D eigenvalue weighted by Crippen LogP contribution is 2.23. The van der Waals surface area contributed by atoms with Crippen molar-refractivity contribution in [3.63, 3.8) is 0 Å². The van der Waals surface area contributed by atoms with Gasteiger partial charge in [-0.05, 0) is 57.7 Å². The molecule has 0 radical (unpaired) electrons. The first-order chi connectivity index (χ1) is 30.3. The molecular formula is C36H56F9N9O12. The van der Waals surface area contributed by atoms with Crippen molar-refractivity contribution in [1.29, 1.82) is 0 Å². The highest BCUT2D eigenvalue weighted by Gasteiger charge is 2.39. The summed E-state index contributed by atoms with van der Waals surface area (Å²) in [6.45, 7) is 3.19. The predicted molar refractivity (Wildman–Crippen MR) is 214 cm³/mol. The zero-order chi connectivity index (χ0) is 51.7. The smallest absolute Gasteiger partial charge is 0.490 e. The fraction of sp³-hybridized carbons (Fsp3) is 0.611. The average Bonchev–Trinajstić information content (AvgIpc) is 3.17. The molecule has 0 bridgehead atoms. The Balaban J connectivity index is -0.00000154. The van der Waals surface area contributed by atoms with Gasteiger partial charge in [0.2, 0.25) is 23.6 Å². The molecule has 0 spiro atoms. The lowest BCUT2D eigenvalue weighted by Gasteiger charge is -2.17. The van der Waals surface area contributed by atoms with E-state index in [1.165, 1.54) is 12.1 Å².